The average Bonchev–Trinajstić information content (AvgIpc) is 2.29. The van der Waals surface area contributed by atoms with Crippen molar-refractivity contribution >= 4 is 29.1 Å². The van der Waals surface area contributed by atoms with E-state index in [9.17, 15) is 0 Å². The molecule has 0 amide bonds. The Labute approximate surface area is 106 Å². The topological polar surface area (TPSA) is 35.8 Å². The summed E-state index contributed by atoms with van der Waals surface area (Å²) in [7, 11) is 0. The van der Waals surface area contributed by atoms with Crippen LogP contribution in [-0.2, 0) is 0 Å². The molecule has 0 unspecified atom stereocenters. The van der Waals surface area contributed by atoms with Gasteiger partial charge in [0.1, 0.15) is 6.07 Å². The Morgan fingerprint density at radius 2 is 2.25 bits per heavy atom. The second-order valence-electron chi connectivity index (χ2n) is 3.40. The van der Waals surface area contributed by atoms with Gasteiger partial charge in [-0.25, -0.2) is 0 Å². The van der Waals surface area contributed by atoms with Crippen LogP contribution in [0.5, 0.6) is 0 Å². The SMILES string of the molecule is CSCCCCNc1cccc(Cl)c1C#N. The molecule has 0 spiro atoms. The minimum absolute atomic E-state index is 0.511. The summed E-state index contributed by atoms with van der Waals surface area (Å²) in [6, 6.07) is 7.59. The van der Waals surface area contributed by atoms with Crippen LogP contribution in [0.4, 0.5) is 5.69 Å². The number of benzene rings is 1. The first-order chi connectivity index (χ1) is 7.79. The average molecular weight is 255 g/mol. The Balaban J connectivity index is 2.48. The van der Waals surface area contributed by atoms with Gasteiger partial charge in [0.25, 0.3) is 0 Å². The van der Waals surface area contributed by atoms with Gasteiger partial charge in [-0.3, -0.25) is 0 Å². The van der Waals surface area contributed by atoms with Crippen molar-refractivity contribution in [2.24, 2.45) is 0 Å². The molecule has 86 valence electrons. The van der Waals surface area contributed by atoms with Crippen LogP contribution in [0.1, 0.15) is 18.4 Å². The lowest BCUT2D eigenvalue weighted by atomic mass is 10.2. The van der Waals surface area contributed by atoms with Crippen LogP contribution in [0.2, 0.25) is 5.02 Å². The molecule has 0 heterocycles. The quantitative estimate of drug-likeness (QED) is 0.785. The van der Waals surface area contributed by atoms with Gasteiger partial charge >= 0.3 is 0 Å². The summed E-state index contributed by atoms with van der Waals surface area (Å²) in [6.45, 7) is 0.885. The van der Waals surface area contributed by atoms with E-state index in [0.29, 0.717) is 10.6 Å². The van der Waals surface area contributed by atoms with E-state index in [2.05, 4.69) is 17.6 Å². The molecule has 1 aromatic carbocycles. The van der Waals surface area contributed by atoms with Gasteiger partial charge in [-0.2, -0.15) is 17.0 Å². The molecule has 1 rings (SSSR count). The number of hydrogen-bond acceptors (Lipinski definition) is 3. The van der Waals surface area contributed by atoms with E-state index in [1.165, 1.54) is 12.2 Å². The molecule has 0 aliphatic heterocycles. The molecule has 16 heavy (non-hydrogen) atoms. The monoisotopic (exact) mass is 254 g/mol. The summed E-state index contributed by atoms with van der Waals surface area (Å²) in [4.78, 5) is 0. The van der Waals surface area contributed by atoms with Crippen molar-refractivity contribution < 1.29 is 0 Å². The first kappa shape index (κ1) is 13.2. The highest BCUT2D eigenvalue weighted by Gasteiger charge is 2.04. The normalized spacial score (nSPS) is 9.81. The Bertz CT molecular complexity index is 374. The zero-order valence-electron chi connectivity index (χ0n) is 9.29. The first-order valence-corrected chi connectivity index (χ1v) is 6.98. The van der Waals surface area contributed by atoms with Crippen molar-refractivity contribution in [1.82, 2.24) is 0 Å². The summed E-state index contributed by atoms with van der Waals surface area (Å²) < 4.78 is 0. The van der Waals surface area contributed by atoms with Crippen LogP contribution in [0, 0.1) is 11.3 Å². The van der Waals surface area contributed by atoms with Crippen LogP contribution in [0.25, 0.3) is 0 Å². The summed E-state index contributed by atoms with van der Waals surface area (Å²) in [5.74, 6) is 1.18. The highest BCUT2D eigenvalue weighted by Crippen LogP contribution is 2.23. The molecular formula is C12H15ClN2S. The molecule has 1 aromatic rings. The largest absolute Gasteiger partial charge is 0.384 e. The molecule has 0 saturated heterocycles. The Morgan fingerprint density at radius 1 is 1.44 bits per heavy atom. The van der Waals surface area contributed by atoms with Gasteiger partial charge in [0.15, 0.2) is 0 Å². The second kappa shape index (κ2) is 7.43. The molecule has 4 heteroatoms. The number of hydrogen-bond donors (Lipinski definition) is 1. The van der Waals surface area contributed by atoms with Crippen molar-refractivity contribution in [2.75, 3.05) is 23.9 Å². The van der Waals surface area contributed by atoms with Crippen LogP contribution in [-0.4, -0.2) is 18.6 Å². The van der Waals surface area contributed by atoms with E-state index < -0.39 is 0 Å². The smallest absolute Gasteiger partial charge is 0.103 e. The molecule has 1 N–H and O–H groups in total. The maximum absolute atomic E-state index is 8.96. The second-order valence-corrected chi connectivity index (χ2v) is 4.79. The van der Waals surface area contributed by atoms with E-state index >= 15 is 0 Å². The Hall–Kier alpha value is -0.850. The molecule has 0 atom stereocenters. The van der Waals surface area contributed by atoms with Crippen molar-refractivity contribution in [3.63, 3.8) is 0 Å². The minimum atomic E-state index is 0.511. The molecule has 0 fully saturated rings. The molecule has 0 bridgehead atoms. The first-order valence-electron chi connectivity index (χ1n) is 5.21. The Morgan fingerprint density at radius 3 is 2.94 bits per heavy atom. The van der Waals surface area contributed by atoms with Gasteiger partial charge in [0, 0.05) is 6.54 Å². The zero-order chi connectivity index (χ0) is 11.8. The lowest BCUT2D eigenvalue weighted by Gasteiger charge is -2.08. The standard InChI is InChI=1S/C12H15ClN2S/c1-16-8-3-2-7-15-12-6-4-5-11(13)10(12)9-14/h4-6,15H,2-3,7-8H2,1H3. The van der Waals surface area contributed by atoms with Crippen molar-refractivity contribution in [1.29, 1.82) is 5.26 Å². The lowest BCUT2D eigenvalue weighted by molar-refractivity contribution is 0.843. The molecule has 0 aliphatic rings. The number of anilines is 1. The van der Waals surface area contributed by atoms with Crippen molar-refractivity contribution in [3.8, 4) is 6.07 Å². The zero-order valence-corrected chi connectivity index (χ0v) is 10.9. The number of nitriles is 1. The molecule has 0 aromatic heterocycles. The van der Waals surface area contributed by atoms with Gasteiger partial charge in [-0.1, -0.05) is 17.7 Å². The summed E-state index contributed by atoms with van der Waals surface area (Å²) in [6.07, 6.45) is 4.41. The predicted molar refractivity (Wildman–Crippen MR) is 72.3 cm³/mol. The van der Waals surface area contributed by atoms with Crippen LogP contribution >= 0.6 is 23.4 Å². The number of thioether (sulfide) groups is 1. The molecule has 2 nitrogen and oxygen atoms in total. The highest BCUT2D eigenvalue weighted by molar-refractivity contribution is 7.98. The van der Waals surface area contributed by atoms with E-state index in [4.69, 9.17) is 16.9 Å². The molecular weight excluding hydrogens is 240 g/mol. The third-order valence-corrected chi connectivity index (χ3v) is 3.23. The molecule has 0 radical (unpaired) electrons. The van der Waals surface area contributed by atoms with Crippen LogP contribution in [0.3, 0.4) is 0 Å². The van der Waals surface area contributed by atoms with E-state index in [1.54, 1.807) is 6.07 Å². The summed E-state index contributed by atoms with van der Waals surface area (Å²) in [5, 5.41) is 12.7. The number of unbranched alkanes of at least 4 members (excludes halogenated alkanes) is 1. The highest BCUT2D eigenvalue weighted by atomic mass is 35.5. The summed E-state index contributed by atoms with van der Waals surface area (Å²) in [5.41, 5.74) is 1.37. The van der Waals surface area contributed by atoms with Gasteiger partial charge in [0.05, 0.1) is 16.3 Å². The van der Waals surface area contributed by atoms with Crippen molar-refractivity contribution in [3.05, 3.63) is 28.8 Å². The number of halogens is 1. The van der Waals surface area contributed by atoms with Crippen molar-refractivity contribution in [2.45, 2.75) is 12.8 Å². The fraction of sp³-hybridized carbons (Fsp3) is 0.417. The number of rotatable bonds is 6. The van der Waals surface area contributed by atoms with Gasteiger partial charge in [-0.15, -0.1) is 0 Å². The van der Waals surface area contributed by atoms with Gasteiger partial charge < -0.3 is 5.32 Å². The third-order valence-electron chi connectivity index (χ3n) is 2.22. The van der Waals surface area contributed by atoms with Crippen LogP contribution < -0.4 is 5.32 Å². The fourth-order valence-corrected chi connectivity index (χ4v) is 2.09. The molecule has 0 aliphatic carbocycles. The van der Waals surface area contributed by atoms with E-state index in [1.807, 2.05) is 23.9 Å². The maximum Gasteiger partial charge on any atom is 0.103 e. The molecule has 0 saturated carbocycles. The number of nitrogens with zero attached hydrogens (tertiary/aromatic N) is 1. The van der Waals surface area contributed by atoms with Crippen LogP contribution in [0.15, 0.2) is 18.2 Å². The van der Waals surface area contributed by atoms with Gasteiger partial charge in [-0.05, 0) is 37.0 Å². The minimum Gasteiger partial charge on any atom is -0.384 e. The lowest BCUT2D eigenvalue weighted by Crippen LogP contribution is -2.03. The third kappa shape index (κ3) is 3.96. The van der Waals surface area contributed by atoms with Gasteiger partial charge in [0.2, 0.25) is 0 Å². The predicted octanol–water partition coefficient (Wildman–Crippen LogP) is 3.77. The van der Waals surface area contributed by atoms with E-state index in [-0.39, 0.29) is 0 Å². The number of nitrogens with one attached hydrogen (secondary N) is 1. The van der Waals surface area contributed by atoms with E-state index in [0.717, 1.165) is 18.7 Å². The summed E-state index contributed by atoms with van der Waals surface area (Å²) >= 11 is 7.78. The maximum atomic E-state index is 8.96. The Kier molecular flexibility index (Phi) is 6.14. The fourth-order valence-electron chi connectivity index (χ4n) is 1.38.